The van der Waals surface area contributed by atoms with Crippen molar-refractivity contribution in [3.05, 3.63) is 58.9 Å². The molecule has 2 aliphatic carbocycles. The maximum absolute atomic E-state index is 12.2. The summed E-state index contributed by atoms with van der Waals surface area (Å²) < 4.78 is 1.64. The van der Waals surface area contributed by atoms with E-state index in [1.807, 2.05) is 24.3 Å². The van der Waals surface area contributed by atoms with Crippen molar-refractivity contribution >= 4 is 17.5 Å². The number of hydrogen-bond donors (Lipinski definition) is 1. The van der Waals surface area contributed by atoms with Gasteiger partial charge in [0.2, 0.25) is 0 Å². The first-order chi connectivity index (χ1) is 12.2. The minimum Gasteiger partial charge on any atom is -0.351 e. The molecule has 5 nitrogen and oxygen atoms in total. The van der Waals surface area contributed by atoms with E-state index in [0.717, 1.165) is 23.8 Å². The minimum atomic E-state index is -0.163. The van der Waals surface area contributed by atoms with Gasteiger partial charge in [0, 0.05) is 11.6 Å². The smallest absolute Gasteiger partial charge is 0.273 e. The number of aromatic nitrogens is 3. The highest BCUT2D eigenvalue weighted by molar-refractivity contribution is 6.31. The molecule has 2 aliphatic rings. The van der Waals surface area contributed by atoms with Crippen LogP contribution in [0.4, 0.5) is 0 Å². The van der Waals surface area contributed by atoms with E-state index in [1.54, 1.807) is 10.9 Å². The van der Waals surface area contributed by atoms with Crippen LogP contribution in [0.15, 0.2) is 42.6 Å². The van der Waals surface area contributed by atoms with Crippen LogP contribution in [0.1, 0.15) is 35.3 Å². The third-order valence-electron chi connectivity index (χ3n) is 5.28. The Kier molecular flexibility index (Phi) is 4.57. The molecule has 1 aromatic carbocycles. The van der Waals surface area contributed by atoms with E-state index in [0.29, 0.717) is 29.7 Å². The highest BCUT2D eigenvalue weighted by Crippen LogP contribution is 2.44. The van der Waals surface area contributed by atoms with E-state index in [-0.39, 0.29) is 5.91 Å². The van der Waals surface area contributed by atoms with Crippen LogP contribution >= 0.6 is 11.6 Å². The first-order valence-corrected chi connectivity index (χ1v) is 9.17. The summed E-state index contributed by atoms with van der Waals surface area (Å²) >= 11 is 6.16. The van der Waals surface area contributed by atoms with Crippen molar-refractivity contribution in [2.45, 2.75) is 25.8 Å². The predicted molar refractivity (Wildman–Crippen MR) is 96.4 cm³/mol. The summed E-state index contributed by atoms with van der Waals surface area (Å²) in [7, 11) is 0. The third kappa shape index (κ3) is 3.61. The van der Waals surface area contributed by atoms with Gasteiger partial charge in [0.25, 0.3) is 5.91 Å². The summed E-state index contributed by atoms with van der Waals surface area (Å²) in [5, 5.41) is 11.7. The summed E-state index contributed by atoms with van der Waals surface area (Å²) in [6.07, 6.45) is 9.96. The first kappa shape index (κ1) is 16.3. The average Bonchev–Trinajstić information content (AvgIpc) is 3.33. The Bertz CT molecular complexity index is 800. The Morgan fingerprint density at radius 2 is 2.16 bits per heavy atom. The number of halogens is 1. The van der Waals surface area contributed by atoms with E-state index in [2.05, 4.69) is 27.8 Å². The lowest BCUT2D eigenvalue weighted by Crippen LogP contribution is -2.27. The van der Waals surface area contributed by atoms with E-state index >= 15 is 0 Å². The largest absolute Gasteiger partial charge is 0.351 e. The van der Waals surface area contributed by atoms with Crippen molar-refractivity contribution in [3.63, 3.8) is 0 Å². The van der Waals surface area contributed by atoms with Crippen molar-refractivity contribution in [1.29, 1.82) is 0 Å². The summed E-state index contributed by atoms with van der Waals surface area (Å²) in [6.45, 7) is 1.19. The van der Waals surface area contributed by atoms with Crippen LogP contribution in [0, 0.1) is 17.8 Å². The molecule has 2 aromatic rings. The minimum absolute atomic E-state index is 0.163. The average molecular weight is 357 g/mol. The molecule has 1 heterocycles. The number of carbonyl (C=O) groups is 1. The molecular formula is C19H21ClN4O. The van der Waals surface area contributed by atoms with Crippen LogP contribution < -0.4 is 5.32 Å². The highest BCUT2D eigenvalue weighted by Gasteiger charge is 2.34. The van der Waals surface area contributed by atoms with Gasteiger partial charge in [-0.2, -0.15) is 0 Å². The molecule has 25 heavy (non-hydrogen) atoms. The van der Waals surface area contributed by atoms with Crippen molar-refractivity contribution in [2.75, 3.05) is 6.54 Å². The maximum Gasteiger partial charge on any atom is 0.273 e. The Morgan fingerprint density at radius 1 is 1.28 bits per heavy atom. The lowest BCUT2D eigenvalue weighted by atomic mass is 9.91. The Morgan fingerprint density at radius 3 is 2.92 bits per heavy atom. The van der Waals surface area contributed by atoms with Crippen LogP contribution in [-0.4, -0.2) is 27.4 Å². The quantitative estimate of drug-likeness (QED) is 0.808. The molecule has 1 aromatic heterocycles. The molecule has 4 rings (SSSR count). The molecule has 0 saturated heterocycles. The fourth-order valence-electron chi connectivity index (χ4n) is 3.97. The molecule has 130 valence electrons. The number of nitrogens with one attached hydrogen (secondary N) is 1. The Balaban J connectivity index is 1.28. The normalized spacial score (nSPS) is 24.0. The number of allylic oxidation sites excluding steroid dienone is 2. The number of benzene rings is 1. The van der Waals surface area contributed by atoms with Gasteiger partial charge in [-0.05, 0) is 48.6 Å². The zero-order chi connectivity index (χ0) is 17.2. The third-order valence-corrected chi connectivity index (χ3v) is 5.65. The van der Waals surface area contributed by atoms with E-state index < -0.39 is 0 Å². The lowest BCUT2D eigenvalue weighted by molar-refractivity contribution is 0.0945. The summed E-state index contributed by atoms with van der Waals surface area (Å²) in [6, 6.07) is 7.59. The zero-order valence-corrected chi connectivity index (χ0v) is 14.7. The molecule has 6 heteroatoms. The Labute approximate surface area is 152 Å². The van der Waals surface area contributed by atoms with Gasteiger partial charge in [-0.3, -0.25) is 4.79 Å². The molecule has 1 saturated carbocycles. The van der Waals surface area contributed by atoms with Crippen LogP contribution in [0.2, 0.25) is 5.02 Å². The van der Waals surface area contributed by atoms with Crippen LogP contribution in [0.5, 0.6) is 0 Å². The van der Waals surface area contributed by atoms with Gasteiger partial charge in [-0.15, -0.1) is 5.10 Å². The lowest BCUT2D eigenvalue weighted by Gasteiger charge is -2.17. The molecule has 0 spiro atoms. The second-order valence-electron chi connectivity index (χ2n) is 6.98. The van der Waals surface area contributed by atoms with E-state index in [9.17, 15) is 4.79 Å². The fourth-order valence-corrected chi connectivity index (χ4v) is 4.16. The molecule has 3 atom stereocenters. The predicted octanol–water partition coefficient (Wildman–Crippen LogP) is 3.31. The second kappa shape index (κ2) is 7.00. The molecule has 0 unspecified atom stereocenters. The Hall–Kier alpha value is -2.14. The summed E-state index contributed by atoms with van der Waals surface area (Å²) in [5.74, 6) is 2.05. The summed E-state index contributed by atoms with van der Waals surface area (Å²) in [4.78, 5) is 12.2. The van der Waals surface area contributed by atoms with Gasteiger partial charge in [0.05, 0.1) is 12.7 Å². The van der Waals surface area contributed by atoms with Crippen LogP contribution in [-0.2, 0) is 6.54 Å². The monoisotopic (exact) mass is 356 g/mol. The van der Waals surface area contributed by atoms with Gasteiger partial charge < -0.3 is 5.32 Å². The van der Waals surface area contributed by atoms with Crippen molar-refractivity contribution in [1.82, 2.24) is 20.3 Å². The molecule has 1 amide bonds. The van der Waals surface area contributed by atoms with Gasteiger partial charge in [-0.25, -0.2) is 4.68 Å². The number of carbonyl (C=O) groups excluding carboxylic acids is 1. The molecule has 0 radical (unpaired) electrons. The van der Waals surface area contributed by atoms with E-state index in [4.69, 9.17) is 11.6 Å². The van der Waals surface area contributed by atoms with Gasteiger partial charge in [0.15, 0.2) is 5.69 Å². The molecule has 2 bridgehead atoms. The standard InChI is InChI=1S/C19H21ClN4O/c20-17-4-2-1-3-16(17)11-24-12-18(22-23-24)19(25)21-8-7-15-10-13-5-6-14(15)9-13/h1-6,12-15H,7-11H2,(H,21,25)/t13-,14+,15-/m1/s1. The number of amides is 1. The topological polar surface area (TPSA) is 59.8 Å². The highest BCUT2D eigenvalue weighted by atomic mass is 35.5. The van der Waals surface area contributed by atoms with Gasteiger partial charge in [0.1, 0.15) is 0 Å². The maximum atomic E-state index is 12.2. The number of fused-ring (bicyclic) bond motifs is 2. The summed E-state index contributed by atoms with van der Waals surface area (Å²) in [5.41, 5.74) is 1.30. The first-order valence-electron chi connectivity index (χ1n) is 8.79. The molecule has 1 fully saturated rings. The molecular weight excluding hydrogens is 336 g/mol. The molecule has 1 N–H and O–H groups in total. The van der Waals surface area contributed by atoms with Crippen molar-refractivity contribution in [3.8, 4) is 0 Å². The van der Waals surface area contributed by atoms with E-state index in [1.165, 1.54) is 12.8 Å². The number of rotatable bonds is 6. The number of nitrogens with zero attached hydrogens (tertiary/aromatic N) is 3. The van der Waals surface area contributed by atoms with Crippen LogP contribution in [0.3, 0.4) is 0 Å². The van der Waals surface area contributed by atoms with Gasteiger partial charge in [-0.1, -0.05) is 47.2 Å². The second-order valence-corrected chi connectivity index (χ2v) is 7.38. The van der Waals surface area contributed by atoms with Crippen molar-refractivity contribution in [2.24, 2.45) is 17.8 Å². The molecule has 0 aliphatic heterocycles. The zero-order valence-electron chi connectivity index (χ0n) is 13.9. The van der Waals surface area contributed by atoms with Crippen LogP contribution in [0.25, 0.3) is 0 Å². The fraction of sp³-hybridized carbons (Fsp3) is 0.421. The SMILES string of the molecule is O=C(NCC[C@@H]1C[C@@H]2C=C[C@H]1C2)c1cn(Cc2ccccc2Cl)nn1. The van der Waals surface area contributed by atoms with Crippen molar-refractivity contribution < 1.29 is 4.79 Å². The van der Waals surface area contributed by atoms with Gasteiger partial charge >= 0.3 is 0 Å². The number of hydrogen-bond acceptors (Lipinski definition) is 3.